The van der Waals surface area contributed by atoms with Crippen LogP contribution in [0.4, 0.5) is 5.69 Å². The molecule has 1 aliphatic heterocycles. The summed E-state index contributed by atoms with van der Waals surface area (Å²) in [6.45, 7) is 0.348. The summed E-state index contributed by atoms with van der Waals surface area (Å²) in [4.78, 5) is 12.2. The third kappa shape index (κ3) is 3.93. The summed E-state index contributed by atoms with van der Waals surface area (Å²) in [7, 11) is 1.84. The minimum atomic E-state index is -0.362. The van der Waals surface area contributed by atoms with Crippen molar-refractivity contribution in [2.45, 2.75) is 11.3 Å². The largest absolute Gasteiger partial charge is 0.485 e. The van der Waals surface area contributed by atoms with Gasteiger partial charge in [0, 0.05) is 7.05 Å². The SMILES string of the molecule is Cn1c(SCC(=O)Nc2ccccc2Cl)nnc1C1COc2ccccc2O1. The summed E-state index contributed by atoms with van der Waals surface area (Å²) >= 11 is 7.35. The highest BCUT2D eigenvalue weighted by molar-refractivity contribution is 7.99. The van der Waals surface area contributed by atoms with Gasteiger partial charge in [0.1, 0.15) is 6.61 Å². The normalized spacial score (nSPS) is 15.3. The first-order valence-electron chi connectivity index (χ1n) is 8.57. The quantitative estimate of drug-likeness (QED) is 0.639. The Hall–Kier alpha value is -2.71. The number of hydrogen-bond donors (Lipinski definition) is 1. The molecular formula is C19H17ClN4O3S. The zero-order chi connectivity index (χ0) is 19.5. The Morgan fingerprint density at radius 3 is 2.79 bits per heavy atom. The van der Waals surface area contributed by atoms with Gasteiger partial charge in [-0.25, -0.2) is 0 Å². The summed E-state index contributed by atoms with van der Waals surface area (Å²) < 4.78 is 13.5. The van der Waals surface area contributed by atoms with Gasteiger partial charge in [0.15, 0.2) is 28.6 Å². The smallest absolute Gasteiger partial charge is 0.234 e. The molecule has 1 unspecified atom stereocenters. The maximum Gasteiger partial charge on any atom is 0.234 e. The van der Waals surface area contributed by atoms with Gasteiger partial charge in [-0.2, -0.15) is 0 Å². The fourth-order valence-electron chi connectivity index (χ4n) is 2.76. The molecule has 0 bridgehead atoms. The molecule has 1 amide bonds. The van der Waals surface area contributed by atoms with E-state index in [-0.39, 0.29) is 17.8 Å². The van der Waals surface area contributed by atoms with E-state index in [9.17, 15) is 4.79 Å². The van der Waals surface area contributed by atoms with Crippen LogP contribution in [0, 0.1) is 0 Å². The number of carbonyl (C=O) groups excluding carboxylic acids is 1. The molecule has 1 aromatic heterocycles. The van der Waals surface area contributed by atoms with Gasteiger partial charge in [-0.3, -0.25) is 4.79 Å². The van der Waals surface area contributed by atoms with Gasteiger partial charge in [-0.15, -0.1) is 10.2 Å². The minimum Gasteiger partial charge on any atom is -0.485 e. The Morgan fingerprint density at radius 2 is 1.96 bits per heavy atom. The number of rotatable bonds is 5. The highest BCUT2D eigenvalue weighted by atomic mass is 35.5. The Labute approximate surface area is 171 Å². The molecule has 0 fully saturated rings. The standard InChI is InChI=1S/C19H17ClN4O3S/c1-24-18(16-10-26-14-8-4-5-9-15(14)27-16)22-23-19(24)28-11-17(25)21-13-7-3-2-6-12(13)20/h2-9,16H,10-11H2,1H3,(H,21,25). The van der Waals surface area contributed by atoms with Crippen LogP contribution in [-0.4, -0.2) is 33.0 Å². The Bertz CT molecular complexity index is 1010. The zero-order valence-electron chi connectivity index (χ0n) is 15.0. The van der Waals surface area contributed by atoms with Crippen molar-refractivity contribution in [3.05, 3.63) is 59.4 Å². The Morgan fingerprint density at radius 1 is 1.21 bits per heavy atom. The summed E-state index contributed by atoms with van der Waals surface area (Å²) in [5.74, 6) is 2.04. The molecule has 3 aromatic rings. The van der Waals surface area contributed by atoms with E-state index in [1.54, 1.807) is 12.1 Å². The van der Waals surface area contributed by atoms with Gasteiger partial charge in [0.25, 0.3) is 0 Å². The topological polar surface area (TPSA) is 78.3 Å². The van der Waals surface area contributed by atoms with E-state index in [0.29, 0.717) is 39.8 Å². The van der Waals surface area contributed by atoms with E-state index in [1.807, 2.05) is 48.0 Å². The molecule has 2 aromatic carbocycles. The third-order valence-corrected chi connectivity index (χ3v) is 5.50. The molecule has 4 rings (SSSR count). The molecule has 9 heteroatoms. The van der Waals surface area contributed by atoms with Crippen LogP contribution in [0.15, 0.2) is 53.7 Å². The number of aromatic nitrogens is 3. The number of para-hydroxylation sites is 3. The predicted molar refractivity (Wildman–Crippen MR) is 107 cm³/mol. The lowest BCUT2D eigenvalue weighted by Crippen LogP contribution is -2.24. The Balaban J connectivity index is 1.39. The van der Waals surface area contributed by atoms with E-state index in [4.69, 9.17) is 21.1 Å². The first-order chi connectivity index (χ1) is 13.6. The number of nitrogens with one attached hydrogen (secondary N) is 1. The van der Waals surface area contributed by atoms with E-state index in [2.05, 4.69) is 15.5 Å². The lowest BCUT2D eigenvalue weighted by atomic mass is 10.2. The van der Waals surface area contributed by atoms with Gasteiger partial charge in [0.2, 0.25) is 5.91 Å². The number of fused-ring (bicyclic) bond motifs is 1. The second kappa shape index (κ2) is 8.12. The average molecular weight is 417 g/mol. The predicted octanol–water partition coefficient (Wildman–Crippen LogP) is 3.71. The molecule has 0 saturated carbocycles. The van der Waals surface area contributed by atoms with Crippen LogP contribution < -0.4 is 14.8 Å². The summed E-state index contributed by atoms with van der Waals surface area (Å²) in [5, 5.41) is 12.3. The highest BCUT2D eigenvalue weighted by Crippen LogP contribution is 2.35. The number of halogens is 1. The lowest BCUT2D eigenvalue weighted by Gasteiger charge is -2.25. The van der Waals surface area contributed by atoms with Gasteiger partial charge < -0.3 is 19.4 Å². The number of thioether (sulfide) groups is 1. The molecule has 2 heterocycles. The second-order valence-electron chi connectivity index (χ2n) is 6.08. The van der Waals surface area contributed by atoms with Crippen LogP contribution in [0.1, 0.15) is 11.9 Å². The maximum absolute atomic E-state index is 12.2. The van der Waals surface area contributed by atoms with Crippen molar-refractivity contribution in [1.82, 2.24) is 14.8 Å². The van der Waals surface area contributed by atoms with Crippen LogP contribution in [-0.2, 0) is 11.8 Å². The zero-order valence-corrected chi connectivity index (χ0v) is 16.5. The highest BCUT2D eigenvalue weighted by Gasteiger charge is 2.27. The number of amides is 1. The molecule has 1 N–H and O–H groups in total. The van der Waals surface area contributed by atoms with E-state index >= 15 is 0 Å². The number of anilines is 1. The second-order valence-corrected chi connectivity index (χ2v) is 7.43. The molecule has 144 valence electrons. The van der Waals surface area contributed by atoms with Crippen molar-refractivity contribution in [2.75, 3.05) is 17.7 Å². The fraction of sp³-hybridized carbons (Fsp3) is 0.211. The van der Waals surface area contributed by atoms with Gasteiger partial charge in [0.05, 0.1) is 16.5 Å². The molecule has 0 spiro atoms. The van der Waals surface area contributed by atoms with Crippen molar-refractivity contribution >= 4 is 35.0 Å². The summed E-state index contributed by atoms with van der Waals surface area (Å²) in [5.41, 5.74) is 0.583. The molecule has 1 atom stereocenters. The van der Waals surface area contributed by atoms with Crippen LogP contribution in [0.25, 0.3) is 0 Å². The lowest BCUT2D eigenvalue weighted by molar-refractivity contribution is -0.113. The van der Waals surface area contributed by atoms with Crippen LogP contribution in [0.5, 0.6) is 11.5 Å². The number of nitrogens with zero attached hydrogens (tertiary/aromatic N) is 3. The van der Waals surface area contributed by atoms with E-state index in [0.717, 1.165) is 0 Å². The molecule has 0 saturated heterocycles. The van der Waals surface area contributed by atoms with Gasteiger partial charge in [-0.05, 0) is 24.3 Å². The molecule has 7 nitrogen and oxygen atoms in total. The maximum atomic E-state index is 12.2. The molecule has 0 aliphatic carbocycles. The average Bonchev–Trinajstić information content (AvgIpc) is 3.08. The van der Waals surface area contributed by atoms with Gasteiger partial charge >= 0.3 is 0 Å². The van der Waals surface area contributed by atoms with Crippen molar-refractivity contribution in [2.24, 2.45) is 7.05 Å². The summed E-state index contributed by atoms with van der Waals surface area (Å²) in [6, 6.07) is 14.6. The number of benzene rings is 2. The minimum absolute atomic E-state index is 0.172. The molecule has 28 heavy (non-hydrogen) atoms. The van der Waals surface area contributed by atoms with Crippen LogP contribution >= 0.6 is 23.4 Å². The van der Waals surface area contributed by atoms with E-state index in [1.165, 1.54) is 11.8 Å². The summed E-state index contributed by atoms with van der Waals surface area (Å²) in [6.07, 6.45) is -0.362. The van der Waals surface area contributed by atoms with Crippen LogP contribution in [0.3, 0.4) is 0 Å². The molecular weight excluding hydrogens is 400 g/mol. The van der Waals surface area contributed by atoms with Crippen molar-refractivity contribution < 1.29 is 14.3 Å². The monoisotopic (exact) mass is 416 g/mol. The first-order valence-corrected chi connectivity index (χ1v) is 9.93. The van der Waals surface area contributed by atoms with Gasteiger partial charge in [-0.1, -0.05) is 47.6 Å². The van der Waals surface area contributed by atoms with Crippen molar-refractivity contribution in [1.29, 1.82) is 0 Å². The molecule has 1 aliphatic rings. The van der Waals surface area contributed by atoms with Crippen molar-refractivity contribution in [3.8, 4) is 11.5 Å². The number of carbonyl (C=O) groups is 1. The number of hydrogen-bond acceptors (Lipinski definition) is 6. The Kier molecular flexibility index (Phi) is 5.40. The first kappa shape index (κ1) is 18.6. The fourth-order valence-corrected chi connectivity index (χ4v) is 3.66. The van der Waals surface area contributed by atoms with Crippen molar-refractivity contribution in [3.63, 3.8) is 0 Å². The third-order valence-electron chi connectivity index (χ3n) is 4.15. The molecule has 0 radical (unpaired) electrons. The van der Waals surface area contributed by atoms with Crippen LogP contribution in [0.2, 0.25) is 5.02 Å². The number of ether oxygens (including phenoxy) is 2. The van der Waals surface area contributed by atoms with E-state index < -0.39 is 0 Å².